The topological polar surface area (TPSA) is 62.0 Å². The van der Waals surface area contributed by atoms with Crippen molar-refractivity contribution in [1.82, 2.24) is 4.98 Å². The number of anilines is 1. The quantitative estimate of drug-likeness (QED) is 0.880. The number of aromatic amines is 1. The van der Waals surface area contributed by atoms with Crippen molar-refractivity contribution in [3.8, 4) is 0 Å². The number of hydrogen-bond donors (Lipinski definition) is 2. The molecule has 0 spiro atoms. The maximum Gasteiger partial charge on any atom is 0.305 e. The van der Waals surface area contributed by atoms with Crippen molar-refractivity contribution in [3.05, 3.63) is 49.5 Å². The van der Waals surface area contributed by atoms with Crippen molar-refractivity contribution in [1.29, 1.82) is 0 Å². The van der Waals surface area contributed by atoms with Gasteiger partial charge in [0.1, 0.15) is 4.88 Å². The molecule has 4 nitrogen and oxygen atoms in total. The Hall–Kier alpha value is -1.59. The molecule has 1 amide bonds. The monoisotopic (exact) mass is 268 g/mol. The highest BCUT2D eigenvalue weighted by Crippen LogP contribution is 2.21. The minimum atomic E-state index is -0.334. The van der Waals surface area contributed by atoms with Crippen LogP contribution >= 0.6 is 22.9 Å². The van der Waals surface area contributed by atoms with Crippen LogP contribution in [-0.4, -0.2) is 10.9 Å². The van der Waals surface area contributed by atoms with E-state index in [0.717, 1.165) is 11.3 Å². The molecule has 1 aromatic heterocycles. The van der Waals surface area contributed by atoms with Gasteiger partial charge < -0.3 is 10.3 Å². The number of H-pyrrole nitrogens is 1. The van der Waals surface area contributed by atoms with Gasteiger partial charge >= 0.3 is 4.87 Å². The fourth-order valence-corrected chi connectivity index (χ4v) is 2.28. The van der Waals surface area contributed by atoms with E-state index >= 15 is 0 Å². The van der Waals surface area contributed by atoms with E-state index in [1.807, 2.05) is 0 Å². The lowest BCUT2D eigenvalue weighted by Crippen LogP contribution is -2.11. The average Bonchev–Trinajstić information content (AvgIpc) is 2.61. The molecule has 2 rings (SSSR count). The summed E-state index contributed by atoms with van der Waals surface area (Å²) in [5.74, 6) is -0.334. The van der Waals surface area contributed by atoms with Gasteiger partial charge in [-0.1, -0.05) is 35.1 Å². The summed E-state index contributed by atoms with van der Waals surface area (Å²) in [5.41, 5.74) is 1.09. The second kappa shape index (κ2) is 4.73. The third kappa shape index (κ3) is 2.57. The molecule has 0 unspecified atom stereocenters. The lowest BCUT2D eigenvalue weighted by molar-refractivity contribution is 0.103. The smallest absolute Gasteiger partial charge is 0.305 e. The second-order valence-electron chi connectivity index (χ2n) is 3.40. The van der Waals surface area contributed by atoms with Crippen molar-refractivity contribution in [3.63, 3.8) is 0 Å². The Morgan fingerprint density at radius 3 is 2.71 bits per heavy atom. The van der Waals surface area contributed by atoms with Crippen LogP contribution in [0.3, 0.4) is 0 Å². The summed E-state index contributed by atoms with van der Waals surface area (Å²) < 4.78 is 0. The molecule has 0 aliphatic heterocycles. The Morgan fingerprint density at radius 1 is 1.41 bits per heavy atom. The molecule has 0 atom stereocenters. The van der Waals surface area contributed by atoms with Crippen LogP contribution in [0.2, 0.25) is 5.02 Å². The lowest BCUT2D eigenvalue weighted by atomic mass is 10.3. The van der Waals surface area contributed by atoms with E-state index in [2.05, 4.69) is 10.3 Å². The lowest BCUT2D eigenvalue weighted by Gasteiger charge is -2.05. The number of aromatic nitrogens is 1. The molecule has 17 heavy (non-hydrogen) atoms. The van der Waals surface area contributed by atoms with Crippen molar-refractivity contribution in [2.24, 2.45) is 0 Å². The summed E-state index contributed by atoms with van der Waals surface area (Å²) in [7, 11) is 0. The predicted octanol–water partition coefficient (Wildman–Crippen LogP) is 2.65. The largest absolute Gasteiger partial charge is 0.320 e. The highest BCUT2D eigenvalue weighted by atomic mass is 35.5. The minimum Gasteiger partial charge on any atom is -0.320 e. The Bertz CT molecular complexity index is 618. The zero-order chi connectivity index (χ0) is 12.4. The molecule has 0 bridgehead atoms. The van der Waals surface area contributed by atoms with E-state index in [1.165, 1.54) is 0 Å². The third-order valence-electron chi connectivity index (χ3n) is 2.15. The summed E-state index contributed by atoms with van der Waals surface area (Å²) >= 11 is 6.80. The highest BCUT2D eigenvalue weighted by molar-refractivity contribution is 7.11. The van der Waals surface area contributed by atoms with Gasteiger partial charge in [-0.05, 0) is 19.1 Å². The maximum absolute atomic E-state index is 11.9. The molecule has 0 saturated carbocycles. The van der Waals surface area contributed by atoms with Crippen LogP contribution in [0.25, 0.3) is 0 Å². The first-order chi connectivity index (χ1) is 8.08. The fraction of sp³-hybridized carbons (Fsp3) is 0.0909. The molecule has 0 saturated heterocycles. The molecule has 0 aliphatic rings. The van der Waals surface area contributed by atoms with Crippen LogP contribution < -0.4 is 10.2 Å². The molecule has 0 aliphatic carbocycles. The first kappa shape index (κ1) is 11.9. The van der Waals surface area contributed by atoms with E-state index in [1.54, 1.807) is 31.2 Å². The van der Waals surface area contributed by atoms with E-state index in [0.29, 0.717) is 21.3 Å². The second-order valence-corrected chi connectivity index (χ2v) is 4.79. The molecule has 1 heterocycles. The SMILES string of the molecule is Cc1[nH]c(=O)sc1C(=O)Nc1ccccc1Cl. The van der Waals surface area contributed by atoms with Crippen LogP contribution in [0.1, 0.15) is 15.4 Å². The molecule has 0 fully saturated rings. The highest BCUT2D eigenvalue weighted by Gasteiger charge is 2.14. The van der Waals surface area contributed by atoms with Crippen LogP contribution in [0.5, 0.6) is 0 Å². The van der Waals surface area contributed by atoms with E-state index in [-0.39, 0.29) is 10.8 Å². The van der Waals surface area contributed by atoms with E-state index in [4.69, 9.17) is 11.6 Å². The standard InChI is InChI=1S/C11H9ClN2O2S/c1-6-9(17-11(16)13-6)10(15)14-8-5-3-2-4-7(8)12/h2-5H,1H3,(H,13,16)(H,14,15). The van der Waals surface area contributed by atoms with Gasteiger partial charge in [0.2, 0.25) is 0 Å². The molecular formula is C11H9ClN2O2S. The molecule has 2 N–H and O–H groups in total. The van der Waals surface area contributed by atoms with Crippen LogP contribution in [0.15, 0.2) is 29.1 Å². The number of thiazole rings is 1. The third-order valence-corrected chi connectivity index (χ3v) is 3.47. The molecule has 1 aromatic carbocycles. The molecule has 2 aromatic rings. The van der Waals surface area contributed by atoms with E-state index < -0.39 is 0 Å². The zero-order valence-corrected chi connectivity index (χ0v) is 10.5. The molecule has 6 heteroatoms. The van der Waals surface area contributed by atoms with Crippen molar-refractivity contribution in [2.75, 3.05) is 5.32 Å². The van der Waals surface area contributed by atoms with Crippen LogP contribution in [0.4, 0.5) is 5.69 Å². The number of halogens is 1. The molecule has 88 valence electrons. The van der Waals surface area contributed by atoms with Crippen molar-refractivity contribution >= 4 is 34.5 Å². The normalized spacial score (nSPS) is 10.2. The summed E-state index contributed by atoms with van der Waals surface area (Å²) in [4.78, 5) is 25.7. The Labute approximate surface area is 106 Å². The first-order valence-corrected chi connectivity index (χ1v) is 6.03. The van der Waals surface area contributed by atoms with Gasteiger partial charge in [0.05, 0.1) is 10.7 Å². The summed E-state index contributed by atoms with van der Waals surface area (Å²) in [5, 5.41) is 3.12. The number of para-hydroxylation sites is 1. The van der Waals surface area contributed by atoms with Gasteiger partial charge in [0.25, 0.3) is 5.91 Å². The van der Waals surface area contributed by atoms with Crippen LogP contribution in [-0.2, 0) is 0 Å². The van der Waals surface area contributed by atoms with Gasteiger partial charge in [-0.3, -0.25) is 9.59 Å². The summed E-state index contributed by atoms with van der Waals surface area (Å²) in [6.07, 6.45) is 0. The Balaban J connectivity index is 2.26. The van der Waals surface area contributed by atoms with Crippen LogP contribution in [0, 0.1) is 6.92 Å². The first-order valence-electron chi connectivity index (χ1n) is 4.83. The van der Waals surface area contributed by atoms with Gasteiger partial charge in [-0.2, -0.15) is 0 Å². The number of rotatable bonds is 2. The van der Waals surface area contributed by atoms with Gasteiger partial charge in [0.15, 0.2) is 0 Å². The summed E-state index contributed by atoms with van der Waals surface area (Å²) in [6.45, 7) is 1.68. The van der Waals surface area contributed by atoms with Crippen molar-refractivity contribution < 1.29 is 4.79 Å². The van der Waals surface area contributed by atoms with Crippen molar-refractivity contribution in [2.45, 2.75) is 6.92 Å². The predicted molar refractivity (Wildman–Crippen MR) is 69.1 cm³/mol. The van der Waals surface area contributed by atoms with Gasteiger partial charge in [-0.25, -0.2) is 0 Å². The number of hydrogen-bond acceptors (Lipinski definition) is 3. The minimum absolute atomic E-state index is 0.244. The number of aryl methyl sites for hydroxylation is 1. The van der Waals surface area contributed by atoms with E-state index in [9.17, 15) is 9.59 Å². The fourth-order valence-electron chi connectivity index (χ4n) is 1.36. The molecule has 0 radical (unpaired) electrons. The zero-order valence-electron chi connectivity index (χ0n) is 8.91. The average molecular weight is 269 g/mol. The number of carbonyl (C=O) groups is 1. The number of amides is 1. The maximum atomic E-state index is 11.9. The number of nitrogens with one attached hydrogen (secondary N) is 2. The number of benzene rings is 1. The number of carbonyl (C=O) groups excluding carboxylic acids is 1. The molecular weight excluding hydrogens is 260 g/mol. The van der Waals surface area contributed by atoms with Gasteiger partial charge in [0, 0.05) is 5.69 Å². The Morgan fingerprint density at radius 2 is 2.12 bits per heavy atom. The van der Waals surface area contributed by atoms with Gasteiger partial charge in [-0.15, -0.1) is 0 Å². The summed E-state index contributed by atoms with van der Waals surface area (Å²) in [6, 6.07) is 6.93. The Kier molecular flexibility index (Phi) is 3.31.